The Bertz CT molecular complexity index is 2380. The predicted molar refractivity (Wildman–Crippen MR) is 319 cm³/mol. The Labute approximate surface area is 503 Å². The molecule has 0 unspecified atom stereocenters. The molecule has 29 nitrogen and oxygen atoms in total. The minimum Gasteiger partial charge on any atom is -0.391 e. The third kappa shape index (κ3) is 24.5. The largest absolute Gasteiger partial charge is 0.391 e. The summed E-state index contributed by atoms with van der Waals surface area (Å²) >= 11 is 0. The number of hydrogen-bond acceptors (Lipinski definition) is 18. The number of amides is 11. The van der Waals surface area contributed by atoms with Crippen LogP contribution in [0.2, 0.25) is 0 Å². The molecule has 0 bridgehead atoms. The van der Waals surface area contributed by atoms with Crippen molar-refractivity contribution >= 4 is 65.0 Å². The van der Waals surface area contributed by atoms with Gasteiger partial charge in [-0.05, 0) is 135 Å². The number of benzene rings is 1. The van der Waals surface area contributed by atoms with Crippen molar-refractivity contribution in [1.82, 2.24) is 58.5 Å². The van der Waals surface area contributed by atoms with E-state index >= 15 is 0 Å². The Morgan fingerprint density at radius 2 is 1.03 bits per heavy atom. The number of nitrogens with two attached hydrogens (primary N) is 5. The van der Waals surface area contributed by atoms with Gasteiger partial charge in [0, 0.05) is 18.9 Å². The smallest absolute Gasteiger partial charge is 0.245 e. The summed E-state index contributed by atoms with van der Waals surface area (Å²) in [7, 11) is 0. The van der Waals surface area contributed by atoms with E-state index in [0.717, 1.165) is 25.7 Å². The third-order valence-corrected chi connectivity index (χ3v) is 15.1. The lowest BCUT2D eigenvalue weighted by Crippen LogP contribution is -2.62. The van der Waals surface area contributed by atoms with Crippen molar-refractivity contribution in [1.29, 1.82) is 0 Å². The van der Waals surface area contributed by atoms with Crippen LogP contribution in [0.15, 0.2) is 30.3 Å². The molecule has 86 heavy (non-hydrogen) atoms. The van der Waals surface area contributed by atoms with Gasteiger partial charge in [0.05, 0.1) is 12.2 Å². The molecule has 1 aromatic rings. The van der Waals surface area contributed by atoms with Gasteiger partial charge in [-0.1, -0.05) is 63.9 Å². The van der Waals surface area contributed by atoms with E-state index in [2.05, 4.69) is 65.4 Å². The number of rotatable bonds is 26. The van der Waals surface area contributed by atoms with E-state index in [-0.39, 0.29) is 95.4 Å². The van der Waals surface area contributed by atoms with Gasteiger partial charge < -0.3 is 97.4 Å². The van der Waals surface area contributed by atoms with Gasteiger partial charge in [-0.15, -0.1) is 0 Å². The first-order valence-corrected chi connectivity index (χ1v) is 30.1. The van der Waals surface area contributed by atoms with Gasteiger partial charge in [0.2, 0.25) is 65.0 Å². The maximum Gasteiger partial charge on any atom is 0.245 e. The van der Waals surface area contributed by atoms with Crippen LogP contribution in [0.4, 0.5) is 0 Å². The van der Waals surface area contributed by atoms with E-state index in [1.165, 1.54) is 13.8 Å². The van der Waals surface area contributed by atoms with Crippen LogP contribution in [-0.4, -0.2) is 187 Å². The lowest BCUT2D eigenvalue weighted by atomic mass is 9.79. The summed E-state index contributed by atoms with van der Waals surface area (Å²) in [4.78, 5) is 155. The molecule has 2 aliphatic rings. The second-order valence-electron chi connectivity index (χ2n) is 22.7. The zero-order chi connectivity index (χ0) is 64.0. The summed E-state index contributed by atoms with van der Waals surface area (Å²) in [5.74, 6) is -9.62. The number of aliphatic hydroxyl groups is 2. The molecule has 12 atom stereocenters. The second-order valence-corrected chi connectivity index (χ2v) is 22.7. The van der Waals surface area contributed by atoms with Crippen LogP contribution >= 0.6 is 0 Å². The highest BCUT2D eigenvalue weighted by molar-refractivity contribution is 5.99. The van der Waals surface area contributed by atoms with Gasteiger partial charge in [0.1, 0.15) is 60.4 Å². The third-order valence-electron chi connectivity index (χ3n) is 15.1. The van der Waals surface area contributed by atoms with E-state index in [1.54, 1.807) is 44.2 Å². The average Bonchev–Trinajstić information content (AvgIpc) is 3.65. The molecule has 1 aromatic carbocycles. The number of hydrogen-bond donors (Lipinski definition) is 18. The van der Waals surface area contributed by atoms with Crippen molar-refractivity contribution in [2.24, 2.45) is 46.4 Å². The first-order chi connectivity index (χ1) is 40.9. The summed E-state index contributed by atoms with van der Waals surface area (Å²) in [6.07, 6.45) is 0.673. The maximum absolute atomic E-state index is 14.6. The van der Waals surface area contributed by atoms with Crippen molar-refractivity contribution in [3.8, 4) is 0 Å². The van der Waals surface area contributed by atoms with E-state index < -0.39 is 145 Å². The molecule has 2 fully saturated rings. The fourth-order valence-corrected chi connectivity index (χ4v) is 10.3. The Hall–Kier alpha value is -6.89. The lowest BCUT2D eigenvalue weighted by molar-refractivity contribution is -0.137. The molecule has 29 heteroatoms. The molecule has 0 spiro atoms. The zero-order valence-corrected chi connectivity index (χ0v) is 50.5. The van der Waals surface area contributed by atoms with Crippen LogP contribution in [0.3, 0.4) is 0 Å². The summed E-state index contributed by atoms with van der Waals surface area (Å²) in [6, 6.07) is -6.20. The van der Waals surface area contributed by atoms with Crippen LogP contribution in [0, 0.1) is 17.8 Å². The molecule has 1 aliphatic heterocycles. The second kappa shape index (κ2) is 38.3. The van der Waals surface area contributed by atoms with Crippen molar-refractivity contribution in [2.75, 3.05) is 39.3 Å². The minimum atomic E-state index is -1.70. The van der Waals surface area contributed by atoms with Crippen LogP contribution in [0.25, 0.3) is 0 Å². The van der Waals surface area contributed by atoms with Gasteiger partial charge in [0.15, 0.2) is 0 Å². The number of aliphatic hydroxyl groups excluding tert-OH is 2. The van der Waals surface area contributed by atoms with E-state index in [1.807, 2.05) is 0 Å². The van der Waals surface area contributed by atoms with Gasteiger partial charge in [0.25, 0.3) is 0 Å². The summed E-state index contributed by atoms with van der Waals surface area (Å²) < 4.78 is 0. The highest BCUT2D eigenvalue weighted by Gasteiger charge is 2.38. The summed E-state index contributed by atoms with van der Waals surface area (Å²) in [5, 5.41) is 50.0. The minimum absolute atomic E-state index is 0.00507. The van der Waals surface area contributed by atoms with Crippen LogP contribution in [0.1, 0.15) is 124 Å². The SMILES string of the molecule is CCCC1CCC(C(=O)N[C@@H](CCN)C(=O)N[C@H](C(=O)N[C@@H](CCN)C(=O)N[C@H]2CCNC(=O)[C@H]([C@@H](C)O)NC(=O)[C@H](CCN)NC(=O)[C@H](CCN)NC(=O)[C@H](CC(C)C)NC(=O)[C@@H](Cc3ccccc3)NC(=O)[C@H](CCN)NC2=O)[C@@H](C)O)CC1. The van der Waals surface area contributed by atoms with Crippen molar-refractivity contribution < 1.29 is 63.0 Å². The highest BCUT2D eigenvalue weighted by Crippen LogP contribution is 2.31. The Morgan fingerprint density at radius 1 is 0.547 bits per heavy atom. The fourth-order valence-electron chi connectivity index (χ4n) is 10.3. The molecule has 1 saturated heterocycles. The van der Waals surface area contributed by atoms with Gasteiger partial charge in [-0.25, -0.2) is 0 Å². The molecule has 0 radical (unpaired) electrons. The fraction of sp³-hybridized carbons (Fsp3) is 0.702. The number of carbonyl (C=O) groups excluding carboxylic acids is 11. The normalized spacial score (nSPS) is 25.2. The lowest BCUT2D eigenvalue weighted by Gasteiger charge is -2.30. The molecule has 484 valence electrons. The molecular formula is C57H98N16O13. The molecule has 1 saturated carbocycles. The predicted octanol–water partition coefficient (Wildman–Crippen LogP) is -5.24. The monoisotopic (exact) mass is 1210 g/mol. The first kappa shape index (κ1) is 73.4. The average molecular weight is 1220 g/mol. The highest BCUT2D eigenvalue weighted by atomic mass is 16.3. The van der Waals surface area contributed by atoms with E-state index in [4.69, 9.17) is 28.7 Å². The molecule has 3 rings (SSSR count). The van der Waals surface area contributed by atoms with Crippen LogP contribution in [0.5, 0.6) is 0 Å². The van der Waals surface area contributed by atoms with E-state index in [0.29, 0.717) is 24.3 Å². The Balaban J connectivity index is 2.06. The van der Waals surface area contributed by atoms with Gasteiger partial charge in [-0.3, -0.25) is 52.7 Å². The standard InChI is InChI=1S/C57H98N16O13/c1-6-10-34-13-15-36(16-14-34)47(76)64-40(20-26-61)52(81)73-46(33(5)75)57(86)69-39(19-25-60)49(78)68-42-22-28-63-56(85)45(32(4)74)72-53(82)41(21-27-62)66-48(77)37(17-23-58)67-54(83)43(29-31(2)3)70-55(84)44(30-35-11-8-7-9-12-35)71-50(79)38(18-24-59)65-51(42)80/h7-9,11-12,31-34,36-46,74-75H,6,10,13-30,58-62H2,1-5H3,(H,63,85)(H,64,76)(H,65,80)(H,66,77)(H,67,83)(H,68,78)(H,69,86)(H,70,84)(H,71,79)(H,72,82)(H,73,81)/t32-,33-,34?,36?,37+,38+,39+,40+,41+,42+,43+,44-,45+,46+/m1/s1. The van der Waals surface area contributed by atoms with Crippen molar-refractivity contribution in [3.63, 3.8) is 0 Å². The van der Waals surface area contributed by atoms with Crippen LogP contribution < -0.4 is 87.2 Å². The van der Waals surface area contributed by atoms with Gasteiger partial charge >= 0.3 is 0 Å². The summed E-state index contributed by atoms with van der Waals surface area (Å²) in [5.41, 5.74) is 30.0. The zero-order valence-electron chi connectivity index (χ0n) is 50.5. The van der Waals surface area contributed by atoms with Crippen molar-refractivity contribution in [2.45, 2.75) is 197 Å². The van der Waals surface area contributed by atoms with E-state index in [9.17, 15) is 63.0 Å². The molecule has 23 N–H and O–H groups in total. The van der Waals surface area contributed by atoms with Crippen LogP contribution in [-0.2, 0) is 59.2 Å². The number of carbonyl (C=O) groups is 11. The maximum atomic E-state index is 14.6. The first-order valence-electron chi connectivity index (χ1n) is 30.1. The molecule has 0 aromatic heterocycles. The molecular weight excluding hydrogens is 1120 g/mol. The number of nitrogens with one attached hydrogen (secondary N) is 11. The Kier molecular flexibility index (Phi) is 32.7. The molecule has 1 aliphatic carbocycles. The summed E-state index contributed by atoms with van der Waals surface area (Å²) in [6.45, 7) is 6.95. The van der Waals surface area contributed by atoms with Gasteiger partial charge in [-0.2, -0.15) is 0 Å². The quantitative estimate of drug-likeness (QED) is 0.0412. The van der Waals surface area contributed by atoms with Crippen molar-refractivity contribution in [3.05, 3.63) is 35.9 Å². The topological polar surface area (TPSA) is 491 Å². The Morgan fingerprint density at radius 3 is 1.53 bits per heavy atom. The molecule has 1 heterocycles. The molecule has 11 amide bonds.